The normalized spacial score (nSPS) is 35.1. The van der Waals surface area contributed by atoms with Crippen LogP contribution in [0.15, 0.2) is 30.3 Å². The summed E-state index contributed by atoms with van der Waals surface area (Å²) in [4.78, 5) is 42.8. The van der Waals surface area contributed by atoms with Gasteiger partial charge >= 0.3 is 5.97 Å². The van der Waals surface area contributed by atoms with Crippen LogP contribution in [0.4, 0.5) is 0 Å². The van der Waals surface area contributed by atoms with Gasteiger partial charge in [-0.05, 0) is 45.1 Å². The lowest BCUT2D eigenvalue weighted by molar-refractivity contribution is -0.160. The van der Waals surface area contributed by atoms with Gasteiger partial charge in [0.25, 0.3) is 0 Å². The molecule has 35 heavy (non-hydrogen) atoms. The van der Waals surface area contributed by atoms with E-state index in [0.29, 0.717) is 12.8 Å². The quantitative estimate of drug-likeness (QED) is 0.576. The Labute approximate surface area is 206 Å². The minimum Gasteiger partial charge on any atom is -0.466 e. The Morgan fingerprint density at radius 3 is 2.57 bits per heavy atom. The molecule has 2 N–H and O–H groups in total. The molecule has 2 bridgehead atoms. The Morgan fingerprint density at radius 2 is 1.91 bits per heavy atom. The van der Waals surface area contributed by atoms with Crippen LogP contribution in [0, 0.1) is 11.8 Å². The van der Waals surface area contributed by atoms with E-state index in [4.69, 9.17) is 9.47 Å². The highest BCUT2D eigenvalue weighted by molar-refractivity contribution is 5.98. The molecule has 1 spiro atoms. The van der Waals surface area contributed by atoms with Crippen LogP contribution in [-0.4, -0.2) is 64.3 Å². The maximum Gasteiger partial charge on any atom is 0.312 e. The summed E-state index contributed by atoms with van der Waals surface area (Å²) in [6, 6.07) is 7.66. The van der Waals surface area contributed by atoms with Gasteiger partial charge in [0.15, 0.2) is 0 Å². The molecule has 1 aromatic carbocycles. The van der Waals surface area contributed by atoms with Gasteiger partial charge < -0.3 is 24.8 Å². The largest absolute Gasteiger partial charge is 0.466 e. The average molecular weight is 485 g/mol. The molecule has 4 aliphatic rings. The molecule has 190 valence electrons. The number of carbonyl (C=O) groups is 3. The average Bonchev–Trinajstić information content (AvgIpc) is 3.42. The maximum absolute atomic E-state index is 14.2. The molecule has 3 aliphatic heterocycles. The molecule has 8 heteroatoms. The molecule has 4 fully saturated rings. The number of carbonyl (C=O) groups excluding carboxylic acids is 3. The molecule has 3 saturated heterocycles. The Balaban J connectivity index is 1.57. The van der Waals surface area contributed by atoms with E-state index in [-0.39, 0.29) is 31.1 Å². The van der Waals surface area contributed by atoms with E-state index < -0.39 is 41.1 Å². The van der Waals surface area contributed by atoms with Crippen molar-refractivity contribution in [3.05, 3.63) is 35.9 Å². The van der Waals surface area contributed by atoms with Gasteiger partial charge in [-0.25, -0.2) is 0 Å². The molecule has 8 nitrogen and oxygen atoms in total. The van der Waals surface area contributed by atoms with Crippen molar-refractivity contribution in [1.82, 2.24) is 10.2 Å². The Bertz CT molecular complexity index is 979. The molecular weight excluding hydrogens is 448 g/mol. The Hall–Kier alpha value is -2.45. The monoisotopic (exact) mass is 484 g/mol. The number of hydrogen-bond donors (Lipinski definition) is 2. The zero-order valence-electron chi connectivity index (χ0n) is 20.6. The van der Waals surface area contributed by atoms with Crippen LogP contribution in [0.3, 0.4) is 0 Å². The fraction of sp³-hybridized carbons (Fsp3) is 0.667. The second kappa shape index (κ2) is 9.21. The van der Waals surface area contributed by atoms with Crippen LogP contribution in [0.2, 0.25) is 0 Å². The minimum atomic E-state index is -1.12. The van der Waals surface area contributed by atoms with Gasteiger partial charge in [0.05, 0.1) is 30.8 Å². The lowest BCUT2D eigenvalue weighted by atomic mass is 9.66. The van der Waals surface area contributed by atoms with Crippen molar-refractivity contribution in [2.75, 3.05) is 13.2 Å². The van der Waals surface area contributed by atoms with Crippen molar-refractivity contribution >= 4 is 17.8 Å². The van der Waals surface area contributed by atoms with Gasteiger partial charge in [0.2, 0.25) is 11.8 Å². The standard InChI is InChI=1S/C27H36N2O6/c1-3-34-25(33)21-20-24(32)29(19(16-30)17-10-6-4-7-11-17)22(27(20)15-14-26(21,2)35-27)23(31)28-18-12-8-5-9-13-18/h4,6-7,10-11,18-22,30H,3,5,8-9,12-16H2,1-2H3,(H,28,31)/t19-,20+,21+,22?,26-,27?/m1/s1. The fourth-order valence-electron chi connectivity index (χ4n) is 7.15. The maximum atomic E-state index is 14.2. The number of aliphatic hydroxyl groups is 1. The molecule has 1 aliphatic carbocycles. The van der Waals surface area contributed by atoms with Gasteiger partial charge in [-0.2, -0.15) is 0 Å². The number of benzene rings is 1. The summed E-state index contributed by atoms with van der Waals surface area (Å²) in [7, 11) is 0. The number of nitrogens with zero attached hydrogens (tertiary/aromatic N) is 1. The third-order valence-electron chi connectivity index (χ3n) is 8.65. The topological polar surface area (TPSA) is 105 Å². The predicted molar refractivity (Wildman–Crippen MR) is 127 cm³/mol. The second-order valence-electron chi connectivity index (χ2n) is 10.7. The predicted octanol–water partition coefficient (Wildman–Crippen LogP) is 2.50. The van der Waals surface area contributed by atoms with E-state index in [1.54, 1.807) is 6.92 Å². The van der Waals surface area contributed by atoms with Crippen LogP contribution in [0.25, 0.3) is 0 Å². The number of rotatable bonds is 7. The van der Waals surface area contributed by atoms with E-state index in [9.17, 15) is 19.5 Å². The van der Waals surface area contributed by atoms with Crippen molar-refractivity contribution in [2.24, 2.45) is 11.8 Å². The molecular formula is C27H36N2O6. The number of nitrogens with one attached hydrogen (secondary N) is 1. The summed E-state index contributed by atoms with van der Waals surface area (Å²) in [5.41, 5.74) is -1.24. The summed E-state index contributed by atoms with van der Waals surface area (Å²) in [5.74, 6) is -2.63. The van der Waals surface area contributed by atoms with Crippen LogP contribution in [0.5, 0.6) is 0 Å². The number of amides is 2. The lowest BCUT2D eigenvalue weighted by Gasteiger charge is -2.38. The Morgan fingerprint density at radius 1 is 1.20 bits per heavy atom. The van der Waals surface area contributed by atoms with Crippen molar-refractivity contribution < 1.29 is 29.0 Å². The molecule has 6 atom stereocenters. The zero-order valence-corrected chi connectivity index (χ0v) is 20.6. The van der Waals surface area contributed by atoms with Crippen molar-refractivity contribution in [2.45, 2.75) is 88.1 Å². The molecule has 2 amide bonds. The van der Waals surface area contributed by atoms with Crippen LogP contribution in [0.1, 0.15) is 70.4 Å². The third-order valence-corrected chi connectivity index (χ3v) is 8.65. The molecule has 2 unspecified atom stereocenters. The molecule has 0 aromatic heterocycles. The zero-order chi connectivity index (χ0) is 24.8. The van der Waals surface area contributed by atoms with Crippen molar-refractivity contribution in [3.8, 4) is 0 Å². The first kappa shape index (κ1) is 24.3. The number of esters is 1. The van der Waals surface area contributed by atoms with E-state index >= 15 is 0 Å². The molecule has 0 radical (unpaired) electrons. The number of likely N-dealkylation sites (tertiary alicyclic amines) is 1. The number of ether oxygens (including phenoxy) is 2. The smallest absolute Gasteiger partial charge is 0.312 e. The van der Waals surface area contributed by atoms with Crippen LogP contribution >= 0.6 is 0 Å². The van der Waals surface area contributed by atoms with Crippen LogP contribution < -0.4 is 5.32 Å². The molecule has 1 saturated carbocycles. The summed E-state index contributed by atoms with van der Waals surface area (Å²) in [6.45, 7) is 3.46. The highest BCUT2D eigenvalue weighted by Crippen LogP contribution is 2.64. The van der Waals surface area contributed by atoms with Crippen LogP contribution in [-0.2, 0) is 23.9 Å². The summed E-state index contributed by atoms with van der Waals surface area (Å²) < 4.78 is 12.0. The summed E-state index contributed by atoms with van der Waals surface area (Å²) in [6.07, 6.45) is 6.18. The minimum absolute atomic E-state index is 0.0583. The lowest BCUT2D eigenvalue weighted by Crippen LogP contribution is -2.57. The first-order valence-electron chi connectivity index (χ1n) is 13.0. The van der Waals surface area contributed by atoms with Gasteiger partial charge in [0.1, 0.15) is 17.6 Å². The third kappa shape index (κ3) is 3.76. The Kier molecular flexibility index (Phi) is 6.38. The first-order valence-corrected chi connectivity index (χ1v) is 13.0. The highest BCUT2D eigenvalue weighted by Gasteiger charge is 2.78. The van der Waals surface area contributed by atoms with Crippen molar-refractivity contribution in [3.63, 3.8) is 0 Å². The second-order valence-corrected chi connectivity index (χ2v) is 10.7. The first-order chi connectivity index (χ1) is 16.9. The van der Waals surface area contributed by atoms with Gasteiger partial charge in [-0.3, -0.25) is 14.4 Å². The van der Waals surface area contributed by atoms with Crippen molar-refractivity contribution in [1.29, 1.82) is 0 Å². The summed E-state index contributed by atoms with van der Waals surface area (Å²) in [5, 5.41) is 13.7. The van der Waals surface area contributed by atoms with Gasteiger partial charge in [0, 0.05) is 6.04 Å². The molecule has 5 rings (SSSR count). The van der Waals surface area contributed by atoms with E-state index in [0.717, 1.165) is 37.7 Å². The highest BCUT2D eigenvalue weighted by atomic mass is 16.6. The van der Waals surface area contributed by atoms with E-state index in [2.05, 4.69) is 5.32 Å². The molecule has 1 aromatic rings. The SMILES string of the molecule is CCOC(=O)[C@@H]1[C@H]2C(=O)N([C@H](CO)c3ccccc3)C(C(=O)NC3CCCCC3)C23CC[C@@]1(C)O3. The molecule has 3 heterocycles. The van der Waals surface area contributed by atoms with Gasteiger partial charge in [-0.1, -0.05) is 49.6 Å². The van der Waals surface area contributed by atoms with E-state index in [1.165, 1.54) is 4.90 Å². The number of aliphatic hydroxyl groups excluding tert-OH is 1. The number of hydrogen-bond acceptors (Lipinski definition) is 6. The van der Waals surface area contributed by atoms with E-state index in [1.807, 2.05) is 37.3 Å². The fourth-order valence-corrected chi connectivity index (χ4v) is 7.15. The summed E-state index contributed by atoms with van der Waals surface area (Å²) >= 11 is 0. The van der Waals surface area contributed by atoms with Gasteiger partial charge in [-0.15, -0.1) is 0 Å². The number of fused-ring (bicyclic) bond motifs is 1.